The van der Waals surface area contributed by atoms with E-state index in [1.54, 1.807) is 12.1 Å². The molecule has 0 saturated heterocycles. The summed E-state index contributed by atoms with van der Waals surface area (Å²) in [5, 5.41) is 15.1. The van der Waals surface area contributed by atoms with Crippen LogP contribution in [0.4, 0.5) is 5.69 Å². The van der Waals surface area contributed by atoms with E-state index in [-0.39, 0.29) is 13.1 Å². The zero-order chi connectivity index (χ0) is 18.2. The molecule has 6 heteroatoms. The van der Waals surface area contributed by atoms with Crippen LogP contribution in [0.15, 0.2) is 54.6 Å². The van der Waals surface area contributed by atoms with Crippen molar-refractivity contribution in [2.45, 2.75) is 12.6 Å². The molecule has 0 fully saturated rings. The van der Waals surface area contributed by atoms with Gasteiger partial charge in [0.1, 0.15) is 0 Å². The molecule has 6 nitrogen and oxygen atoms in total. The Morgan fingerprint density at radius 3 is 2.16 bits per heavy atom. The summed E-state index contributed by atoms with van der Waals surface area (Å²) >= 11 is 0. The number of amides is 2. The van der Waals surface area contributed by atoms with Gasteiger partial charge in [-0.1, -0.05) is 42.5 Å². The van der Waals surface area contributed by atoms with Crippen molar-refractivity contribution in [1.29, 1.82) is 0 Å². The van der Waals surface area contributed by atoms with Gasteiger partial charge in [0.2, 0.25) is 0 Å². The van der Waals surface area contributed by atoms with Crippen LogP contribution in [-0.4, -0.2) is 37.6 Å². The fourth-order valence-corrected chi connectivity index (χ4v) is 2.24. The Morgan fingerprint density at radius 1 is 0.960 bits per heavy atom. The van der Waals surface area contributed by atoms with Crippen LogP contribution in [0.2, 0.25) is 0 Å². The summed E-state index contributed by atoms with van der Waals surface area (Å²) in [6, 6.07) is 16.7. The molecule has 1 atom stereocenters. The first-order valence-electron chi connectivity index (χ1n) is 8.02. The van der Waals surface area contributed by atoms with Gasteiger partial charge in [-0.2, -0.15) is 0 Å². The predicted octanol–water partition coefficient (Wildman–Crippen LogP) is 1.22. The van der Waals surface area contributed by atoms with Gasteiger partial charge in [-0.05, 0) is 23.3 Å². The molecule has 25 heavy (non-hydrogen) atoms. The van der Waals surface area contributed by atoms with E-state index in [9.17, 15) is 14.7 Å². The Bertz CT molecular complexity index is 700. The summed E-state index contributed by atoms with van der Waals surface area (Å²) in [7, 11) is 3.86. The van der Waals surface area contributed by atoms with E-state index in [1.807, 2.05) is 61.5 Å². The average Bonchev–Trinajstić information content (AvgIpc) is 2.64. The molecule has 0 bridgehead atoms. The first-order valence-corrected chi connectivity index (χ1v) is 8.02. The van der Waals surface area contributed by atoms with Gasteiger partial charge in [0.05, 0.1) is 6.10 Å². The number of nitrogens with zero attached hydrogens (tertiary/aromatic N) is 1. The van der Waals surface area contributed by atoms with Crippen LogP contribution in [0.5, 0.6) is 0 Å². The second-order valence-corrected chi connectivity index (χ2v) is 5.88. The number of carbonyl (C=O) groups excluding carboxylic acids is 2. The summed E-state index contributed by atoms with van der Waals surface area (Å²) in [6.45, 7) is 0.251. The van der Waals surface area contributed by atoms with E-state index in [2.05, 4.69) is 10.6 Å². The number of aliphatic hydroxyl groups is 1. The zero-order valence-corrected chi connectivity index (χ0v) is 14.4. The second-order valence-electron chi connectivity index (χ2n) is 5.88. The topological polar surface area (TPSA) is 81.7 Å². The zero-order valence-electron chi connectivity index (χ0n) is 14.4. The van der Waals surface area contributed by atoms with Gasteiger partial charge in [-0.3, -0.25) is 9.59 Å². The number of rotatable bonds is 6. The van der Waals surface area contributed by atoms with Gasteiger partial charge in [-0.25, -0.2) is 0 Å². The van der Waals surface area contributed by atoms with Crippen molar-refractivity contribution < 1.29 is 14.7 Å². The van der Waals surface area contributed by atoms with Crippen LogP contribution in [0, 0.1) is 0 Å². The lowest BCUT2D eigenvalue weighted by molar-refractivity contribution is -0.139. The van der Waals surface area contributed by atoms with Crippen LogP contribution in [0.1, 0.15) is 17.2 Å². The lowest BCUT2D eigenvalue weighted by Gasteiger charge is -2.15. The highest BCUT2D eigenvalue weighted by Gasteiger charge is 2.15. The number of nitrogens with one attached hydrogen (secondary N) is 2. The van der Waals surface area contributed by atoms with Crippen LogP contribution >= 0.6 is 0 Å². The average molecular weight is 341 g/mol. The maximum atomic E-state index is 11.8. The summed E-state index contributed by atoms with van der Waals surface area (Å²) in [4.78, 5) is 25.5. The fourth-order valence-electron chi connectivity index (χ4n) is 2.24. The number of hydrogen-bond acceptors (Lipinski definition) is 4. The largest absolute Gasteiger partial charge is 0.387 e. The number of carbonyl (C=O) groups is 2. The third-order valence-electron chi connectivity index (χ3n) is 3.75. The van der Waals surface area contributed by atoms with Crippen molar-refractivity contribution in [3.8, 4) is 0 Å². The molecule has 3 N–H and O–H groups in total. The van der Waals surface area contributed by atoms with Gasteiger partial charge in [0, 0.05) is 32.9 Å². The van der Waals surface area contributed by atoms with Crippen molar-refractivity contribution in [2.24, 2.45) is 0 Å². The van der Waals surface area contributed by atoms with E-state index in [1.165, 1.54) is 0 Å². The molecule has 0 aliphatic heterocycles. The Kier molecular flexibility index (Phi) is 6.54. The van der Waals surface area contributed by atoms with Crippen LogP contribution in [-0.2, 0) is 16.1 Å². The van der Waals surface area contributed by atoms with Crippen LogP contribution in [0.25, 0.3) is 0 Å². The van der Waals surface area contributed by atoms with Crippen molar-refractivity contribution in [2.75, 3.05) is 25.5 Å². The number of aliphatic hydroxyl groups excluding tert-OH is 1. The molecule has 0 heterocycles. The monoisotopic (exact) mass is 341 g/mol. The standard InChI is InChI=1S/C19H23N3O3/c1-22(2)16-10-8-15(9-11-16)17(23)13-21-19(25)18(24)20-12-14-6-4-3-5-7-14/h3-11,17,23H,12-13H2,1-2H3,(H,20,24)(H,21,25)/t17-/m0/s1. The number of benzene rings is 2. The van der Waals surface area contributed by atoms with Gasteiger partial charge in [0.15, 0.2) is 0 Å². The summed E-state index contributed by atoms with van der Waals surface area (Å²) in [6.07, 6.45) is -0.873. The summed E-state index contributed by atoms with van der Waals surface area (Å²) < 4.78 is 0. The van der Waals surface area contributed by atoms with Crippen LogP contribution in [0.3, 0.4) is 0 Å². The minimum Gasteiger partial charge on any atom is -0.387 e. The van der Waals surface area contributed by atoms with Crippen molar-refractivity contribution >= 4 is 17.5 Å². The first kappa shape index (κ1) is 18.5. The molecule has 132 valence electrons. The first-order chi connectivity index (χ1) is 12.0. The fraction of sp³-hybridized carbons (Fsp3) is 0.263. The smallest absolute Gasteiger partial charge is 0.309 e. The molecule has 0 aliphatic carbocycles. The van der Waals surface area contributed by atoms with E-state index < -0.39 is 17.9 Å². The molecule has 0 aromatic heterocycles. The molecule has 0 spiro atoms. The second kappa shape index (κ2) is 8.84. The van der Waals surface area contributed by atoms with Crippen molar-refractivity contribution in [1.82, 2.24) is 10.6 Å². The summed E-state index contributed by atoms with van der Waals surface area (Å²) in [5.74, 6) is -1.49. The molecule has 2 aromatic carbocycles. The Balaban J connectivity index is 1.79. The maximum absolute atomic E-state index is 11.8. The molecule has 0 radical (unpaired) electrons. The minimum absolute atomic E-state index is 0.0289. The number of hydrogen-bond donors (Lipinski definition) is 3. The van der Waals surface area contributed by atoms with E-state index >= 15 is 0 Å². The SMILES string of the molecule is CN(C)c1ccc([C@@H](O)CNC(=O)C(=O)NCc2ccccc2)cc1. The Labute approximate surface area is 147 Å². The third kappa shape index (κ3) is 5.61. The molecule has 2 rings (SSSR count). The maximum Gasteiger partial charge on any atom is 0.309 e. The molecule has 2 amide bonds. The van der Waals surface area contributed by atoms with E-state index in [0.717, 1.165) is 11.3 Å². The quantitative estimate of drug-likeness (QED) is 0.690. The van der Waals surface area contributed by atoms with Crippen molar-refractivity contribution in [3.05, 3.63) is 65.7 Å². The highest BCUT2D eigenvalue weighted by atomic mass is 16.3. The van der Waals surface area contributed by atoms with Gasteiger partial charge in [-0.15, -0.1) is 0 Å². The molecule has 0 unspecified atom stereocenters. The lowest BCUT2D eigenvalue weighted by atomic mass is 10.1. The van der Waals surface area contributed by atoms with Gasteiger partial charge >= 0.3 is 11.8 Å². The lowest BCUT2D eigenvalue weighted by Crippen LogP contribution is -2.41. The van der Waals surface area contributed by atoms with Crippen molar-refractivity contribution in [3.63, 3.8) is 0 Å². The third-order valence-corrected chi connectivity index (χ3v) is 3.75. The molecule has 0 aliphatic rings. The normalized spacial score (nSPS) is 11.5. The number of anilines is 1. The Hall–Kier alpha value is -2.86. The highest BCUT2D eigenvalue weighted by molar-refractivity contribution is 6.35. The van der Waals surface area contributed by atoms with E-state index in [0.29, 0.717) is 5.56 Å². The molecular weight excluding hydrogens is 318 g/mol. The van der Waals surface area contributed by atoms with Crippen LogP contribution < -0.4 is 15.5 Å². The highest BCUT2D eigenvalue weighted by Crippen LogP contribution is 2.17. The van der Waals surface area contributed by atoms with Gasteiger partial charge < -0.3 is 20.6 Å². The van der Waals surface area contributed by atoms with E-state index in [4.69, 9.17) is 0 Å². The molecular formula is C19H23N3O3. The minimum atomic E-state index is -0.873. The summed E-state index contributed by atoms with van der Waals surface area (Å²) in [5.41, 5.74) is 2.60. The molecule has 0 saturated carbocycles. The molecule has 2 aromatic rings. The Morgan fingerprint density at radius 2 is 1.56 bits per heavy atom. The van der Waals surface area contributed by atoms with Gasteiger partial charge in [0.25, 0.3) is 0 Å². The predicted molar refractivity (Wildman–Crippen MR) is 97.0 cm³/mol.